The molecule has 1 aromatic carbocycles. The summed E-state index contributed by atoms with van der Waals surface area (Å²) in [7, 11) is 0. The van der Waals surface area contributed by atoms with Crippen LogP contribution in [0.5, 0.6) is 0 Å². The lowest BCUT2D eigenvalue weighted by atomic mass is 10.2. The second-order valence-electron chi connectivity index (χ2n) is 4.47. The maximum absolute atomic E-state index is 4.37. The lowest BCUT2D eigenvalue weighted by molar-refractivity contribution is 0.954. The normalized spacial score (nSPS) is 10.4. The van der Waals surface area contributed by atoms with Crippen LogP contribution < -0.4 is 5.32 Å². The third-order valence-corrected chi connectivity index (χ3v) is 2.96. The van der Waals surface area contributed by atoms with Crippen LogP contribution in [0.15, 0.2) is 55.2 Å². The van der Waals surface area contributed by atoms with Crippen molar-refractivity contribution in [2.45, 2.75) is 13.5 Å². The van der Waals surface area contributed by atoms with Crippen LogP contribution >= 0.6 is 0 Å². The Morgan fingerprint density at radius 3 is 2.95 bits per heavy atom. The number of anilines is 1. The van der Waals surface area contributed by atoms with Crippen LogP contribution in [0.1, 0.15) is 11.5 Å². The van der Waals surface area contributed by atoms with Crippen molar-refractivity contribution < 1.29 is 0 Å². The number of aromatic nitrogens is 4. The molecule has 3 aromatic rings. The molecular formula is C15H15N5. The highest BCUT2D eigenvalue weighted by Gasteiger charge is 1.99. The molecule has 0 fully saturated rings. The van der Waals surface area contributed by atoms with Crippen molar-refractivity contribution in [2.75, 3.05) is 5.32 Å². The summed E-state index contributed by atoms with van der Waals surface area (Å²) >= 11 is 0. The fraction of sp³-hybridized carbons (Fsp3) is 0.133. The average Bonchev–Trinajstić information content (AvgIpc) is 3.00. The van der Waals surface area contributed by atoms with Gasteiger partial charge in [-0.3, -0.25) is 0 Å². The molecule has 1 N–H and O–H groups in total. The Bertz CT molecular complexity index is 691. The molecule has 0 aliphatic carbocycles. The van der Waals surface area contributed by atoms with Gasteiger partial charge in [-0.05, 0) is 31.2 Å². The van der Waals surface area contributed by atoms with Gasteiger partial charge < -0.3 is 9.88 Å². The van der Waals surface area contributed by atoms with Crippen LogP contribution in [0.2, 0.25) is 0 Å². The first-order valence-corrected chi connectivity index (χ1v) is 6.42. The predicted molar refractivity (Wildman–Crippen MR) is 77.7 cm³/mol. The third kappa shape index (κ3) is 2.83. The summed E-state index contributed by atoms with van der Waals surface area (Å²) in [5, 5.41) is 3.37. The number of hydrogen-bond acceptors (Lipinski definition) is 4. The summed E-state index contributed by atoms with van der Waals surface area (Å²) < 4.78 is 1.97. The second-order valence-corrected chi connectivity index (χ2v) is 4.47. The number of aryl methyl sites for hydroxylation is 1. The minimum absolute atomic E-state index is 0.677. The summed E-state index contributed by atoms with van der Waals surface area (Å²) in [6, 6.07) is 10.1. The Morgan fingerprint density at radius 2 is 2.15 bits per heavy atom. The number of benzene rings is 1. The Labute approximate surface area is 117 Å². The van der Waals surface area contributed by atoms with Crippen LogP contribution in [0.25, 0.3) is 5.69 Å². The number of nitrogens with zero attached hydrogens (tertiary/aromatic N) is 4. The quantitative estimate of drug-likeness (QED) is 0.787. The molecule has 0 aliphatic heterocycles. The molecular weight excluding hydrogens is 250 g/mol. The Morgan fingerprint density at radius 1 is 1.20 bits per heavy atom. The van der Waals surface area contributed by atoms with Crippen LogP contribution in [-0.4, -0.2) is 19.5 Å². The van der Waals surface area contributed by atoms with Gasteiger partial charge in [0.1, 0.15) is 5.82 Å². The largest absolute Gasteiger partial charge is 0.379 e. The van der Waals surface area contributed by atoms with Gasteiger partial charge in [-0.25, -0.2) is 15.0 Å². The van der Waals surface area contributed by atoms with Crippen molar-refractivity contribution in [1.82, 2.24) is 19.5 Å². The summed E-state index contributed by atoms with van der Waals surface area (Å²) in [6.07, 6.45) is 7.25. The number of hydrogen-bond donors (Lipinski definition) is 1. The Hall–Kier alpha value is -2.69. The molecule has 5 heteroatoms. The SMILES string of the molecule is Cc1nccc(CNc2cccc(-n3ccnc3)c2)n1. The van der Waals surface area contributed by atoms with E-state index in [1.165, 1.54) is 0 Å². The molecule has 3 rings (SSSR count). The third-order valence-electron chi connectivity index (χ3n) is 2.96. The van der Waals surface area contributed by atoms with Crippen molar-refractivity contribution in [3.8, 4) is 5.69 Å². The zero-order valence-electron chi connectivity index (χ0n) is 11.2. The van der Waals surface area contributed by atoms with E-state index in [1.807, 2.05) is 42.0 Å². The van der Waals surface area contributed by atoms with Crippen molar-refractivity contribution in [3.05, 3.63) is 66.8 Å². The Kier molecular flexibility index (Phi) is 3.41. The van der Waals surface area contributed by atoms with E-state index < -0.39 is 0 Å². The highest BCUT2D eigenvalue weighted by molar-refractivity contribution is 5.51. The monoisotopic (exact) mass is 265 g/mol. The van der Waals surface area contributed by atoms with Gasteiger partial charge in [0.15, 0.2) is 0 Å². The first kappa shape index (κ1) is 12.3. The van der Waals surface area contributed by atoms with E-state index in [2.05, 4.69) is 26.3 Å². The van der Waals surface area contributed by atoms with E-state index >= 15 is 0 Å². The minimum atomic E-state index is 0.677. The highest BCUT2D eigenvalue weighted by atomic mass is 15.0. The maximum atomic E-state index is 4.37. The highest BCUT2D eigenvalue weighted by Crippen LogP contribution is 2.15. The van der Waals surface area contributed by atoms with Gasteiger partial charge in [-0.1, -0.05) is 6.07 Å². The van der Waals surface area contributed by atoms with Gasteiger partial charge in [-0.2, -0.15) is 0 Å². The van der Waals surface area contributed by atoms with Crippen LogP contribution in [0.3, 0.4) is 0 Å². The minimum Gasteiger partial charge on any atom is -0.379 e. The van der Waals surface area contributed by atoms with E-state index in [9.17, 15) is 0 Å². The molecule has 2 heterocycles. The summed E-state index contributed by atoms with van der Waals surface area (Å²) in [5.41, 5.74) is 3.10. The summed E-state index contributed by atoms with van der Waals surface area (Å²) in [5.74, 6) is 0.788. The topological polar surface area (TPSA) is 55.6 Å². The number of nitrogens with one attached hydrogen (secondary N) is 1. The van der Waals surface area contributed by atoms with Crippen LogP contribution in [0, 0.1) is 6.92 Å². The fourth-order valence-corrected chi connectivity index (χ4v) is 1.98. The van der Waals surface area contributed by atoms with E-state index in [0.29, 0.717) is 6.54 Å². The van der Waals surface area contributed by atoms with Crippen molar-refractivity contribution in [3.63, 3.8) is 0 Å². The fourth-order valence-electron chi connectivity index (χ4n) is 1.98. The lowest BCUT2D eigenvalue weighted by Crippen LogP contribution is -2.03. The van der Waals surface area contributed by atoms with Crippen molar-refractivity contribution in [2.24, 2.45) is 0 Å². The molecule has 0 saturated heterocycles. The van der Waals surface area contributed by atoms with E-state index in [0.717, 1.165) is 22.9 Å². The second kappa shape index (κ2) is 5.52. The molecule has 0 aliphatic rings. The molecule has 100 valence electrons. The average molecular weight is 265 g/mol. The first-order valence-electron chi connectivity index (χ1n) is 6.42. The zero-order valence-corrected chi connectivity index (χ0v) is 11.2. The molecule has 0 unspecified atom stereocenters. The van der Waals surface area contributed by atoms with E-state index in [4.69, 9.17) is 0 Å². The Balaban J connectivity index is 1.73. The molecule has 0 atom stereocenters. The lowest BCUT2D eigenvalue weighted by Gasteiger charge is -2.08. The molecule has 0 saturated carbocycles. The standard InChI is InChI=1S/C15H15N5/c1-12-17-6-5-14(19-12)10-18-13-3-2-4-15(9-13)20-8-7-16-11-20/h2-9,11,18H,10H2,1H3. The first-order chi connectivity index (χ1) is 9.81. The molecule has 5 nitrogen and oxygen atoms in total. The molecule has 2 aromatic heterocycles. The van der Waals surface area contributed by atoms with Crippen LogP contribution in [-0.2, 0) is 6.54 Å². The van der Waals surface area contributed by atoms with Gasteiger partial charge in [0.25, 0.3) is 0 Å². The zero-order chi connectivity index (χ0) is 13.8. The van der Waals surface area contributed by atoms with Crippen molar-refractivity contribution in [1.29, 1.82) is 0 Å². The van der Waals surface area contributed by atoms with Gasteiger partial charge >= 0.3 is 0 Å². The van der Waals surface area contributed by atoms with Gasteiger partial charge in [-0.15, -0.1) is 0 Å². The van der Waals surface area contributed by atoms with Gasteiger partial charge in [0.05, 0.1) is 18.6 Å². The summed E-state index contributed by atoms with van der Waals surface area (Å²) in [6.45, 7) is 2.57. The molecule has 20 heavy (non-hydrogen) atoms. The number of imidazole rings is 1. The predicted octanol–water partition coefficient (Wildman–Crippen LogP) is 2.58. The van der Waals surface area contributed by atoms with Gasteiger partial charge in [0.2, 0.25) is 0 Å². The van der Waals surface area contributed by atoms with Crippen molar-refractivity contribution >= 4 is 5.69 Å². The van der Waals surface area contributed by atoms with E-state index in [1.54, 1.807) is 18.7 Å². The van der Waals surface area contributed by atoms with Crippen LogP contribution in [0.4, 0.5) is 5.69 Å². The summed E-state index contributed by atoms with van der Waals surface area (Å²) in [4.78, 5) is 12.5. The molecule has 0 spiro atoms. The molecule has 0 bridgehead atoms. The van der Waals surface area contributed by atoms with E-state index in [-0.39, 0.29) is 0 Å². The molecule has 0 radical (unpaired) electrons. The smallest absolute Gasteiger partial charge is 0.125 e. The molecule has 0 amide bonds. The van der Waals surface area contributed by atoms with Gasteiger partial charge in [0, 0.05) is 30.0 Å². The number of rotatable bonds is 4. The maximum Gasteiger partial charge on any atom is 0.125 e.